The lowest BCUT2D eigenvalue weighted by Gasteiger charge is -2.45. The Morgan fingerprint density at radius 1 is 1.47 bits per heavy atom. The standard InChI is InChI=1S/C15H23ClO/c1-10(9-16)12-4-6-15(3)7-5-14(17)11(2)13(15)8-12/h12,14,17H,1,4-9H2,2-3H3/t12-,14+,15+/m1/s1. The van der Waals surface area contributed by atoms with E-state index in [-0.39, 0.29) is 6.10 Å². The number of allylic oxidation sites excluding steroid dienone is 2. The first-order valence-electron chi connectivity index (χ1n) is 6.60. The van der Waals surface area contributed by atoms with E-state index in [1.165, 1.54) is 24.0 Å². The average Bonchev–Trinajstić information content (AvgIpc) is 2.33. The fourth-order valence-corrected chi connectivity index (χ4v) is 3.70. The van der Waals surface area contributed by atoms with Gasteiger partial charge in [0.05, 0.1) is 6.10 Å². The van der Waals surface area contributed by atoms with E-state index in [4.69, 9.17) is 11.6 Å². The first-order valence-corrected chi connectivity index (χ1v) is 7.13. The van der Waals surface area contributed by atoms with Gasteiger partial charge >= 0.3 is 0 Å². The predicted molar refractivity (Wildman–Crippen MR) is 73.2 cm³/mol. The van der Waals surface area contributed by atoms with Crippen molar-refractivity contribution in [1.82, 2.24) is 0 Å². The molecule has 17 heavy (non-hydrogen) atoms. The largest absolute Gasteiger partial charge is 0.389 e. The first kappa shape index (κ1) is 13.2. The molecule has 0 spiro atoms. The van der Waals surface area contributed by atoms with Crippen LogP contribution in [0.3, 0.4) is 0 Å². The highest BCUT2D eigenvalue weighted by atomic mass is 35.5. The zero-order valence-electron chi connectivity index (χ0n) is 10.9. The highest BCUT2D eigenvalue weighted by Gasteiger charge is 2.40. The second-order valence-corrected chi connectivity index (χ2v) is 6.28. The summed E-state index contributed by atoms with van der Waals surface area (Å²) < 4.78 is 0. The molecule has 0 radical (unpaired) electrons. The number of fused-ring (bicyclic) bond motifs is 1. The van der Waals surface area contributed by atoms with Crippen molar-refractivity contribution in [2.75, 3.05) is 5.88 Å². The molecule has 3 atom stereocenters. The third kappa shape index (κ3) is 2.32. The predicted octanol–water partition coefficient (Wildman–Crippen LogP) is 4.06. The van der Waals surface area contributed by atoms with Gasteiger partial charge in [-0.15, -0.1) is 11.6 Å². The maximum absolute atomic E-state index is 10.0. The summed E-state index contributed by atoms with van der Waals surface area (Å²) in [7, 11) is 0. The maximum Gasteiger partial charge on any atom is 0.0750 e. The smallest absolute Gasteiger partial charge is 0.0750 e. The van der Waals surface area contributed by atoms with Crippen LogP contribution in [-0.4, -0.2) is 17.1 Å². The average molecular weight is 255 g/mol. The van der Waals surface area contributed by atoms with Crippen LogP contribution in [0, 0.1) is 11.3 Å². The molecule has 96 valence electrons. The summed E-state index contributed by atoms with van der Waals surface area (Å²) in [5.74, 6) is 1.09. The number of rotatable bonds is 2. The molecule has 0 saturated heterocycles. The number of hydrogen-bond acceptors (Lipinski definition) is 1. The van der Waals surface area contributed by atoms with Gasteiger partial charge in [0.1, 0.15) is 0 Å². The normalized spacial score (nSPS) is 37.9. The first-order chi connectivity index (χ1) is 7.98. The van der Waals surface area contributed by atoms with Crippen molar-refractivity contribution in [3.05, 3.63) is 23.3 Å². The van der Waals surface area contributed by atoms with Crippen LogP contribution < -0.4 is 0 Å². The van der Waals surface area contributed by atoms with E-state index in [9.17, 15) is 5.11 Å². The van der Waals surface area contributed by atoms with Gasteiger partial charge in [-0.2, -0.15) is 0 Å². The van der Waals surface area contributed by atoms with E-state index in [0.717, 1.165) is 24.8 Å². The summed E-state index contributed by atoms with van der Waals surface area (Å²) in [6, 6.07) is 0. The van der Waals surface area contributed by atoms with Crippen LogP contribution in [0.25, 0.3) is 0 Å². The Bertz CT molecular complexity index is 358. The van der Waals surface area contributed by atoms with Gasteiger partial charge < -0.3 is 5.11 Å². The highest BCUT2D eigenvalue weighted by Crippen LogP contribution is 2.52. The lowest BCUT2D eigenvalue weighted by atomic mass is 9.60. The number of hydrogen-bond donors (Lipinski definition) is 1. The minimum atomic E-state index is -0.221. The molecule has 0 aromatic carbocycles. The molecule has 2 rings (SSSR count). The third-order valence-corrected chi connectivity index (χ3v) is 5.26. The maximum atomic E-state index is 10.0. The topological polar surface area (TPSA) is 20.2 Å². The van der Waals surface area contributed by atoms with Gasteiger partial charge in [-0.3, -0.25) is 0 Å². The number of halogens is 1. The lowest BCUT2D eigenvalue weighted by molar-refractivity contribution is 0.133. The second kappa shape index (κ2) is 4.78. The van der Waals surface area contributed by atoms with E-state index in [2.05, 4.69) is 20.4 Å². The molecule has 0 unspecified atom stereocenters. The zero-order chi connectivity index (χ0) is 12.6. The van der Waals surface area contributed by atoms with E-state index in [1.54, 1.807) is 0 Å². The van der Waals surface area contributed by atoms with E-state index in [0.29, 0.717) is 17.2 Å². The van der Waals surface area contributed by atoms with Crippen molar-refractivity contribution in [1.29, 1.82) is 0 Å². The van der Waals surface area contributed by atoms with Crippen molar-refractivity contribution in [3.63, 3.8) is 0 Å². The molecule has 0 aliphatic heterocycles. The minimum absolute atomic E-state index is 0.221. The Kier molecular flexibility index (Phi) is 3.70. The van der Waals surface area contributed by atoms with Crippen LogP contribution in [0.5, 0.6) is 0 Å². The highest BCUT2D eigenvalue weighted by molar-refractivity contribution is 6.19. The molecule has 0 aromatic heterocycles. The molecule has 2 aliphatic rings. The van der Waals surface area contributed by atoms with E-state index < -0.39 is 0 Å². The summed E-state index contributed by atoms with van der Waals surface area (Å²) in [5, 5.41) is 10.0. The van der Waals surface area contributed by atoms with Crippen molar-refractivity contribution >= 4 is 11.6 Å². The van der Waals surface area contributed by atoms with Crippen LogP contribution in [0.15, 0.2) is 23.3 Å². The zero-order valence-corrected chi connectivity index (χ0v) is 11.7. The molecular weight excluding hydrogens is 232 g/mol. The molecule has 1 N–H and O–H groups in total. The van der Waals surface area contributed by atoms with Crippen LogP contribution >= 0.6 is 11.6 Å². The van der Waals surface area contributed by atoms with Crippen LogP contribution in [0.1, 0.15) is 46.0 Å². The minimum Gasteiger partial charge on any atom is -0.389 e. The van der Waals surface area contributed by atoms with Crippen LogP contribution in [0.4, 0.5) is 0 Å². The Balaban J connectivity index is 2.26. The molecular formula is C15H23ClO. The summed E-state index contributed by atoms with van der Waals surface area (Å²) in [4.78, 5) is 0. The van der Waals surface area contributed by atoms with E-state index >= 15 is 0 Å². The number of alkyl halides is 1. The Labute approximate surface area is 110 Å². The second-order valence-electron chi connectivity index (χ2n) is 6.01. The van der Waals surface area contributed by atoms with Crippen LogP contribution in [0.2, 0.25) is 0 Å². The molecule has 1 fully saturated rings. The molecule has 1 nitrogen and oxygen atoms in total. The van der Waals surface area contributed by atoms with Crippen molar-refractivity contribution in [3.8, 4) is 0 Å². The summed E-state index contributed by atoms with van der Waals surface area (Å²) in [6.45, 7) is 8.54. The fourth-order valence-electron chi connectivity index (χ4n) is 3.48. The molecule has 2 aliphatic carbocycles. The Morgan fingerprint density at radius 2 is 2.12 bits per heavy atom. The quantitative estimate of drug-likeness (QED) is 0.582. The lowest BCUT2D eigenvalue weighted by Crippen LogP contribution is -2.35. The van der Waals surface area contributed by atoms with Crippen molar-refractivity contribution < 1.29 is 5.11 Å². The van der Waals surface area contributed by atoms with Gasteiger partial charge in [0.15, 0.2) is 0 Å². The van der Waals surface area contributed by atoms with Gasteiger partial charge in [-0.25, -0.2) is 0 Å². The molecule has 1 saturated carbocycles. The van der Waals surface area contributed by atoms with Crippen molar-refractivity contribution in [2.24, 2.45) is 11.3 Å². The molecule has 0 aromatic rings. The molecule has 0 bridgehead atoms. The summed E-state index contributed by atoms with van der Waals surface area (Å²) in [5.41, 5.74) is 4.19. The van der Waals surface area contributed by atoms with E-state index in [1.807, 2.05) is 0 Å². The van der Waals surface area contributed by atoms with Gasteiger partial charge in [0.25, 0.3) is 0 Å². The number of aliphatic hydroxyl groups is 1. The fraction of sp³-hybridized carbons (Fsp3) is 0.733. The Morgan fingerprint density at radius 3 is 2.76 bits per heavy atom. The molecule has 2 heteroatoms. The third-order valence-electron chi connectivity index (χ3n) is 4.92. The van der Waals surface area contributed by atoms with Gasteiger partial charge in [0.2, 0.25) is 0 Å². The SMILES string of the molecule is C=C(CCl)[C@@H]1CC[C@@]2(C)CC[C@H](O)C(C)=C2C1. The summed E-state index contributed by atoms with van der Waals surface area (Å²) >= 11 is 5.90. The Hall–Kier alpha value is -0.270. The van der Waals surface area contributed by atoms with Gasteiger partial charge in [0, 0.05) is 5.88 Å². The van der Waals surface area contributed by atoms with Gasteiger partial charge in [-0.05, 0) is 55.9 Å². The van der Waals surface area contributed by atoms with Crippen LogP contribution in [-0.2, 0) is 0 Å². The molecule has 0 heterocycles. The monoisotopic (exact) mass is 254 g/mol. The van der Waals surface area contributed by atoms with Crippen molar-refractivity contribution in [2.45, 2.75) is 52.1 Å². The van der Waals surface area contributed by atoms with Gasteiger partial charge in [-0.1, -0.05) is 24.6 Å². The molecule has 0 amide bonds. The number of aliphatic hydroxyl groups excluding tert-OH is 1. The summed E-state index contributed by atoms with van der Waals surface area (Å²) in [6.07, 6.45) is 5.31.